The number of phenolic OH excluding ortho intramolecular Hbond substituents is 2. The van der Waals surface area contributed by atoms with Gasteiger partial charge in [0.05, 0.1) is 0 Å². The van der Waals surface area contributed by atoms with Gasteiger partial charge in [-0.25, -0.2) is 0 Å². The second kappa shape index (κ2) is 10.4. The Morgan fingerprint density at radius 1 is 1.11 bits per heavy atom. The number of hydrogen-bond donors (Lipinski definition) is 2. The van der Waals surface area contributed by atoms with Gasteiger partial charge in [0, 0.05) is 5.56 Å². The van der Waals surface area contributed by atoms with Crippen molar-refractivity contribution in [3.05, 3.63) is 58.2 Å². The highest BCUT2D eigenvalue weighted by atomic mass is 16.3. The third kappa shape index (κ3) is 6.93. The zero-order valence-electron chi connectivity index (χ0n) is 17.5. The third-order valence-corrected chi connectivity index (χ3v) is 5.89. The highest BCUT2D eigenvalue weighted by Crippen LogP contribution is 2.33. The van der Waals surface area contributed by atoms with E-state index in [4.69, 9.17) is 0 Å². The Labute approximate surface area is 165 Å². The lowest BCUT2D eigenvalue weighted by molar-refractivity contribution is 0.455. The predicted octanol–water partition coefficient (Wildman–Crippen LogP) is 7.23. The Morgan fingerprint density at radius 2 is 1.85 bits per heavy atom. The fourth-order valence-corrected chi connectivity index (χ4v) is 3.99. The van der Waals surface area contributed by atoms with E-state index in [1.165, 1.54) is 49.3 Å². The summed E-state index contributed by atoms with van der Waals surface area (Å²) in [5, 5.41) is 19.4. The molecule has 1 aliphatic rings. The summed E-state index contributed by atoms with van der Waals surface area (Å²) in [5.41, 5.74) is 6.92. The number of benzene rings is 1. The summed E-state index contributed by atoms with van der Waals surface area (Å²) < 4.78 is 0. The topological polar surface area (TPSA) is 40.5 Å². The molecule has 1 atom stereocenters. The molecule has 0 unspecified atom stereocenters. The molecule has 0 radical (unpaired) electrons. The molecule has 0 fully saturated rings. The molecule has 0 amide bonds. The number of allylic oxidation sites excluding steroid dienone is 6. The Balaban J connectivity index is 1.79. The molecule has 148 valence electrons. The highest BCUT2D eigenvalue weighted by molar-refractivity contribution is 5.39. The minimum absolute atomic E-state index is 0.199. The molecule has 2 nitrogen and oxygen atoms in total. The van der Waals surface area contributed by atoms with Gasteiger partial charge in [-0.05, 0) is 96.3 Å². The van der Waals surface area contributed by atoms with E-state index < -0.39 is 0 Å². The summed E-state index contributed by atoms with van der Waals surface area (Å²) in [4.78, 5) is 0. The van der Waals surface area contributed by atoms with Gasteiger partial charge in [-0.3, -0.25) is 0 Å². The van der Waals surface area contributed by atoms with Gasteiger partial charge in [0.15, 0.2) is 0 Å². The second-order valence-corrected chi connectivity index (χ2v) is 8.26. The molecular formula is C25H36O2. The molecule has 0 bridgehead atoms. The average Bonchev–Trinajstić information content (AvgIpc) is 2.62. The van der Waals surface area contributed by atoms with Crippen molar-refractivity contribution < 1.29 is 10.2 Å². The molecule has 27 heavy (non-hydrogen) atoms. The van der Waals surface area contributed by atoms with E-state index in [-0.39, 0.29) is 11.5 Å². The van der Waals surface area contributed by atoms with Gasteiger partial charge in [0.1, 0.15) is 11.5 Å². The number of phenols is 2. The smallest absolute Gasteiger partial charge is 0.119 e. The maximum atomic E-state index is 9.85. The Kier molecular flexibility index (Phi) is 8.22. The molecule has 0 saturated carbocycles. The molecule has 0 heterocycles. The molecule has 1 aromatic rings. The van der Waals surface area contributed by atoms with Crippen LogP contribution in [0.25, 0.3) is 0 Å². The van der Waals surface area contributed by atoms with Crippen LogP contribution in [0.2, 0.25) is 0 Å². The van der Waals surface area contributed by atoms with Gasteiger partial charge in [-0.2, -0.15) is 0 Å². The van der Waals surface area contributed by atoms with Crippen molar-refractivity contribution in [2.24, 2.45) is 5.92 Å². The van der Waals surface area contributed by atoms with Gasteiger partial charge in [0.25, 0.3) is 0 Å². The van der Waals surface area contributed by atoms with Gasteiger partial charge in [-0.1, -0.05) is 41.4 Å². The molecule has 2 heteroatoms. The van der Waals surface area contributed by atoms with Crippen LogP contribution in [-0.2, 0) is 6.42 Å². The first kappa shape index (κ1) is 21.3. The molecule has 1 aliphatic carbocycles. The average molecular weight is 369 g/mol. The zero-order valence-corrected chi connectivity index (χ0v) is 17.5. The first-order valence-corrected chi connectivity index (χ1v) is 10.4. The molecule has 2 rings (SSSR count). The van der Waals surface area contributed by atoms with Crippen LogP contribution in [0.15, 0.2) is 52.6 Å². The number of hydrogen-bond acceptors (Lipinski definition) is 2. The van der Waals surface area contributed by atoms with Crippen LogP contribution in [-0.4, -0.2) is 10.2 Å². The summed E-state index contributed by atoms with van der Waals surface area (Å²) >= 11 is 0. The lowest BCUT2D eigenvalue weighted by Gasteiger charge is -2.24. The molecular weight excluding hydrogens is 332 g/mol. The van der Waals surface area contributed by atoms with Crippen LogP contribution in [0.4, 0.5) is 0 Å². The fraction of sp³-hybridized carbons (Fsp3) is 0.520. The maximum absolute atomic E-state index is 9.85. The van der Waals surface area contributed by atoms with E-state index >= 15 is 0 Å². The van der Waals surface area contributed by atoms with E-state index in [1.807, 2.05) is 0 Å². The van der Waals surface area contributed by atoms with Crippen molar-refractivity contribution in [1.82, 2.24) is 0 Å². The minimum Gasteiger partial charge on any atom is -0.508 e. The minimum atomic E-state index is 0.199. The molecule has 1 aromatic carbocycles. The summed E-state index contributed by atoms with van der Waals surface area (Å²) in [5.74, 6) is 1.21. The van der Waals surface area contributed by atoms with Crippen LogP contribution >= 0.6 is 0 Å². The van der Waals surface area contributed by atoms with Crippen LogP contribution < -0.4 is 0 Å². The van der Waals surface area contributed by atoms with Crippen molar-refractivity contribution in [2.45, 2.75) is 79.1 Å². The van der Waals surface area contributed by atoms with E-state index in [0.717, 1.165) is 24.3 Å². The standard InChI is InChI=1S/C25H36O2/c1-18(11-13-22-17-23(26)14-16-25(22)27)7-5-8-19(2)12-15-24-20(3)9-6-10-21(24)4/h8,11,14,16-17,20,26-27H,5-7,9-10,12-13,15H2,1-4H3/b18-11+,19-8+/t20-/m0/s1. The summed E-state index contributed by atoms with van der Waals surface area (Å²) in [6.07, 6.45) is 13.7. The highest BCUT2D eigenvalue weighted by Gasteiger charge is 2.16. The first-order valence-electron chi connectivity index (χ1n) is 10.4. The third-order valence-electron chi connectivity index (χ3n) is 5.89. The first-order chi connectivity index (χ1) is 12.9. The van der Waals surface area contributed by atoms with Crippen LogP contribution in [0.1, 0.15) is 78.2 Å². The van der Waals surface area contributed by atoms with E-state index in [1.54, 1.807) is 23.3 Å². The SMILES string of the molecule is CC1=C(CC/C(C)=C/CC/C(C)=C/Cc2cc(O)ccc2O)[C@@H](C)CCC1. The molecule has 0 spiro atoms. The van der Waals surface area contributed by atoms with Crippen molar-refractivity contribution in [1.29, 1.82) is 0 Å². The number of rotatable bonds is 8. The molecule has 0 aromatic heterocycles. The molecule has 0 aliphatic heterocycles. The second-order valence-electron chi connectivity index (χ2n) is 8.26. The van der Waals surface area contributed by atoms with Gasteiger partial charge < -0.3 is 10.2 Å². The van der Waals surface area contributed by atoms with Crippen LogP contribution in [0, 0.1) is 5.92 Å². The Hall–Kier alpha value is -1.96. The van der Waals surface area contributed by atoms with Crippen molar-refractivity contribution in [3.8, 4) is 11.5 Å². The quantitative estimate of drug-likeness (QED) is 0.375. The summed E-state index contributed by atoms with van der Waals surface area (Å²) in [6.45, 7) is 9.10. The lowest BCUT2D eigenvalue weighted by Crippen LogP contribution is -2.08. The monoisotopic (exact) mass is 368 g/mol. The van der Waals surface area contributed by atoms with E-state index in [9.17, 15) is 10.2 Å². The Bertz CT molecular complexity index is 722. The van der Waals surface area contributed by atoms with Gasteiger partial charge >= 0.3 is 0 Å². The van der Waals surface area contributed by atoms with Crippen molar-refractivity contribution >= 4 is 0 Å². The van der Waals surface area contributed by atoms with Crippen LogP contribution in [0.3, 0.4) is 0 Å². The van der Waals surface area contributed by atoms with Gasteiger partial charge in [-0.15, -0.1) is 0 Å². The fourth-order valence-electron chi connectivity index (χ4n) is 3.99. The molecule has 0 saturated heterocycles. The van der Waals surface area contributed by atoms with Gasteiger partial charge in [0.2, 0.25) is 0 Å². The zero-order chi connectivity index (χ0) is 19.8. The van der Waals surface area contributed by atoms with E-state index in [0.29, 0.717) is 6.42 Å². The maximum Gasteiger partial charge on any atom is 0.119 e. The van der Waals surface area contributed by atoms with Crippen molar-refractivity contribution in [2.75, 3.05) is 0 Å². The number of aromatic hydroxyl groups is 2. The van der Waals surface area contributed by atoms with Crippen molar-refractivity contribution in [3.63, 3.8) is 0 Å². The summed E-state index contributed by atoms with van der Waals surface area (Å²) in [7, 11) is 0. The summed E-state index contributed by atoms with van der Waals surface area (Å²) in [6, 6.07) is 4.69. The molecule has 2 N–H and O–H groups in total. The normalized spacial score (nSPS) is 18.9. The lowest BCUT2D eigenvalue weighted by atomic mass is 9.81. The van der Waals surface area contributed by atoms with E-state index in [2.05, 4.69) is 39.8 Å². The predicted molar refractivity (Wildman–Crippen MR) is 115 cm³/mol. The Morgan fingerprint density at radius 3 is 2.59 bits per heavy atom. The van der Waals surface area contributed by atoms with Crippen LogP contribution in [0.5, 0.6) is 11.5 Å². The largest absolute Gasteiger partial charge is 0.508 e.